The molecule has 1 aliphatic heterocycles. The van der Waals surface area contributed by atoms with Crippen LogP contribution in [0.2, 0.25) is 0 Å². The Morgan fingerprint density at radius 2 is 1.84 bits per heavy atom. The van der Waals surface area contributed by atoms with Crippen LogP contribution in [0.4, 0.5) is 0 Å². The van der Waals surface area contributed by atoms with E-state index in [9.17, 15) is 9.59 Å². The summed E-state index contributed by atoms with van der Waals surface area (Å²) in [7, 11) is 1.96. The summed E-state index contributed by atoms with van der Waals surface area (Å²) in [6.07, 6.45) is 4.11. The number of carbonyl (C=O) groups excluding carboxylic acids is 1. The van der Waals surface area contributed by atoms with Crippen LogP contribution in [0.15, 0.2) is 48.7 Å². The van der Waals surface area contributed by atoms with Crippen LogP contribution >= 0.6 is 0 Å². The predicted molar refractivity (Wildman–Crippen MR) is 118 cm³/mol. The number of para-hydroxylation sites is 1. The van der Waals surface area contributed by atoms with Gasteiger partial charge in [0.15, 0.2) is 0 Å². The van der Waals surface area contributed by atoms with Gasteiger partial charge in [0.25, 0.3) is 0 Å². The van der Waals surface area contributed by atoms with Crippen molar-refractivity contribution in [1.29, 1.82) is 0 Å². The van der Waals surface area contributed by atoms with Crippen molar-refractivity contribution in [3.63, 3.8) is 0 Å². The van der Waals surface area contributed by atoms with E-state index in [0.717, 1.165) is 18.6 Å². The van der Waals surface area contributed by atoms with Gasteiger partial charge in [0.05, 0.1) is 16.8 Å². The number of rotatable bonds is 9. The molecule has 2 aromatic rings. The van der Waals surface area contributed by atoms with E-state index in [4.69, 9.17) is 14.6 Å². The first-order chi connectivity index (χ1) is 15.5. The van der Waals surface area contributed by atoms with E-state index in [2.05, 4.69) is 15.2 Å². The highest BCUT2D eigenvalue weighted by Crippen LogP contribution is 2.45. The number of carboxylic acids is 1. The van der Waals surface area contributed by atoms with E-state index in [0.29, 0.717) is 44.9 Å². The van der Waals surface area contributed by atoms with Gasteiger partial charge in [-0.05, 0) is 57.0 Å². The fourth-order valence-corrected chi connectivity index (χ4v) is 4.23. The van der Waals surface area contributed by atoms with Crippen LogP contribution in [0.1, 0.15) is 41.7 Å². The first kappa shape index (κ1) is 22.2. The standard InChI is InChI=1S/C24H29N3O5/c1-27(13-16-32-19-5-3-2-4-6-19)24(11-14-31-15-12-24)22(30)26-23(9-10-23)20-8-7-18(17-25-20)21(28)29/h2-8,17H,9-16H2,1H3,(H,26,30)(H,28,29). The van der Waals surface area contributed by atoms with Gasteiger partial charge >= 0.3 is 5.97 Å². The number of aromatic nitrogens is 1. The Hall–Kier alpha value is -2.97. The highest BCUT2D eigenvalue weighted by Gasteiger charge is 2.52. The summed E-state index contributed by atoms with van der Waals surface area (Å²) < 4.78 is 11.4. The molecule has 1 saturated heterocycles. The molecular formula is C24H29N3O5. The molecule has 2 heterocycles. The molecule has 0 atom stereocenters. The lowest BCUT2D eigenvalue weighted by Crippen LogP contribution is -2.62. The number of amides is 1. The Morgan fingerprint density at radius 1 is 1.12 bits per heavy atom. The van der Waals surface area contributed by atoms with Gasteiger partial charge in [-0.3, -0.25) is 14.7 Å². The molecular weight excluding hydrogens is 410 g/mol. The second-order valence-corrected chi connectivity index (χ2v) is 8.50. The van der Waals surface area contributed by atoms with Crippen molar-refractivity contribution in [3.8, 4) is 5.75 Å². The SMILES string of the molecule is CN(CCOc1ccccc1)C1(C(=O)NC2(c3ccc(C(=O)O)cn3)CC2)CCOCC1. The van der Waals surface area contributed by atoms with Crippen LogP contribution in [-0.2, 0) is 15.1 Å². The minimum Gasteiger partial charge on any atom is -0.492 e. The Morgan fingerprint density at radius 3 is 2.44 bits per heavy atom. The van der Waals surface area contributed by atoms with E-state index < -0.39 is 17.0 Å². The van der Waals surface area contributed by atoms with Crippen molar-refractivity contribution >= 4 is 11.9 Å². The maximum Gasteiger partial charge on any atom is 0.337 e. The first-order valence-electron chi connectivity index (χ1n) is 10.9. The first-order valence-corrected chi connectivity index (χ1v) is 10.9. The van der Waals surface area contributed by atoms with Gasteiger partial charge in [-0.25, -0.2) is 4.79 Å². The van der Waals surface area contributed by atoms with E-state index in [-0.39, 0.29) is 11.5 Å². The van der Waals surface area contributed by atoms with Gasteiger partial charge in [0, 0.05) is 26.0 Å². The Balaban J connectivity index is 1.44. The molecule has 8 heteroatoms. The van der Waals surface area contributed by atoms with Gasteiger partial charge in [-0.1, -0.05) is 18.2 Å². The molecule has 1 saturated carbocycles. The summed E-state index contributed by atoms with van der Waals surface area (Å²) in [4.78, 5) is 31.1. The minimum atomic E-state index is -1.02. The molecule has 32 heavy (non-hydrogen) atoms. The van der Waals surface area contributed by atoms with E-state index in [1.54, 1.807) is 6.07 Å². The van der Waals surface area contributed by atoms with Crippen molar-refractivity contribution in [1.82, 2.24) is 15.2 Å². The summed E-state index contributed by atoms with van der Waals surface area (Å²) >= 11 is 0. The number of carboxylic acid groups (broad SMARTS) is 1. The number of hydrogen-bond acceptors (Lipinski definition) is 6. The summed E-state index contributed by atoms with van der Waals surface area (Å²) in [6.45, 7) is 2.12. The van der Waals surface area contributed by atoms with Gasteiger partial charge in [0.2, 0.25) is 5.91 Å². The zero-order valence-electron chi connectivity index (χ0n) is 18.3. The van der Waals surface area contributed by atoms with Gasteiger partial charge in [-0.2, -0.15) is 0 Å². The zero-order valence-corrected chi connectivity index (χ0v) is 18.3. The number of benzene rings is 1. The number of hydrogen-bond donors (Lipinski definition) is 2. The number of pyridine rings is 1. The molecule has 0 radical (unpaired) electrons. The quantitative estimate of drug-likeness (QED) is 0.619. The molecule has 0 bridgehead atoms. The molecule has 1 aliphatic carbocycles. The highest BCUT2D eigenvalue weighted by atomic mass is 16.5. The lowest BCUT2D eigenvalue weighted by Gasteiger charge is -2.43. The summed E-state index contributed by atoms with van der Waals surface area (Å²) in [5.74, 6) is -0.248. The molecule has 8 nitrogen and oxygen atoms in total. The zero-order chi connectivity index (χ0) is 22.6. The van der Waals surface area contributed by atoms with Crippen LogP contribution in [0.5, 0.6) is 5.75 Å². The fourth-order valence-electron chi connectivity index (χ4n) is 4.23. The molecule has 170 valence electrons. The maximum atomic E-state index is 13.6. The molecule has 4 rings (SSSR count). The van der Waals surface area contributed by atoms with Crippen LogP contribution < -0.4 is 10.1 Å². The molecule has 2 aliphatic rings. The van der Waals surface area contributed by atoms with Crippen LogP contribution in [0.3, 0.4) is 0 Å². The molecule has 1 amide bonds. The number of carbonyl (C=O) groups is 2. The number of aromatic carboxylic acids is 1. The molecule has 1 aromatic heterocycles. The third-order valence-electron chi connectivity index (χ3n) is 6.52. The molecule has 0 spiro atoms. The molecule has 0 unspecified atom stereocenters. The second-order valence-electron chi connectivity index (χ2n) is 8.50. The Kier molecular flexibility index (Phi) is 6.43. The van der Waals surface area contributed by atoms with Crippen molar-refractivity contribution in [2.75, 3.05) is 33.4 Å². The minimum absolute atomic E-state index is 0.0374. The average molecular weight is 440 g/mol. The topological polar surface area (TPSA) is 101 Å². The fraction of sp³-hybridized carbons (Fsp3) is 0.458. The number of ether oxygens (including phenoxy) is 2. The number of nitrogens with one attached hydrogen (secondary N) is 1. The van der Waals surface area contributed by atoms with E-state index in [1.165, 1.54) is 12.3 Å². The van der Waals surface area contributed by atoms with Crippen molar-refractivity contribution in [2.45, 2.75) is 36.8 Å². The van der Waals surface area contributed by atoms with Crippen molar-refractivity contribution in [2.24, 2.45) is 0 Å². The lowest BCUT2D eigenvalue weighted by molar-refractivity contribution is -0.141. The summed E-state index contributed by atoms with van der Waals surface area (Å²) in [5, 5.41) is 12.4. The average Bonchev–Trinajstić information content (AvgIpc) is 3.60. The largest absolute Gasteiger partial charge is 0.492 e. The second kappa shape index (κ2) is 9.26. The van der Waals surface area contributed by atoms with Crippen molar-refractivity contribution < 1.29 is 24.2 Å². The van der Waals surface area contributed by atoms with Crippen molar-refractivity contribution in [3.05, 3.63) is 59.9 Å². The third-order valence-corrected chi connectivity index (χ3v) is 6.52. The van der Waals surface area contributed by atoms with Gasteiger partial charge < -0.3 is 19.9 Å². The third kappa shape index (κ3) is 4.61. The van der Waals surface area contributed by atoms with E-state index >= 15 is 0 Å². The highest BCUT2D eigenvalue weighted by molar-refractivity contribution is 5.88. The summed E-state index contributed by atoms with van der Waals surface area (Å²) in [5.41, 5.74) is -0.376. The van der Waals surface area contributed by atoms with Crippen LogP contribution in [-0.4, -0.2) is 65.8 Å². The van der Waals surface area contributed by atoms with Gasteiger partial charge in [-0.15, -0.1) is 0 Å². The number of nitrogens with zero attached hydrogens (tertiary/aromatic N) is 2. The Bertz CT molecular complexity index is 938. The maximum absolute atomic E-state index is 13.6. The summed E-state index contributed by atoms with van der Waals surface area (Å²) in [6, 6.07) is 12.9. The number of likely N-dealkylation sites (N-methyl/N-ethyl adjacent to an activating group) is 1. The smallest absolute Gasteiger partial charge is 0.337 e. The van der Waals surface area contributed by atoms with Crippen LogP contribution in [0.25, 0.3) is 0 Å². The Labute approximate surface area is 187 Å². The monoisotopic (exact) mass is 439 g/mol. The normalized spacial score (nSPS) is 18.7. The molecule has 2 N–H and O–H groups in total. The molecule has 2 fully saturated rings. The lowest BCUT2D eigenvalue weighted by atomic mass is 9.86. The molecule has 1 aromatic carbocycles. The van der Waals surface area contributed by atoms with Gasteiger partial charge in [0.1, 0.15) is 17.9 Å². The van der Waals surface area contributed by atoms with E-state index in [1.807, 2.05) is 37.4 Å². The predicted octanol–water partition coefficient (Wildman–Crippen LogP) is 2.45. The van der Waals surface area contributed by atoms with Crippen LogP contribution in [0, 0.1) is 0 Å².